The van der Waals surface area contributed by atoms with E-state index in [1.807, 2.05) is 0 Å². The topological polar surface area (TPSA) is 9.23 Å². The molecule has 1 saturated heterocycles. The summed E-state index contributed by atoms with van der Waals surface area (Å²) in [6, 6.07) is 0. The van der Waals surface area contributed by atoms with Gasteiger partial charge in [-0.05, 0) is 11.8 Å². The Labute approximate surface area is 52.0 Å². The molecule has 0 radical (unpaired) electrons. The molecule has 52 valence electrons. The summed E-state index contributed by atoms with van der Waals surface area (Å²) in [5.41, 5.74) is 0. The van der Waals surface area contributed by atoms with E-state index in [0.717, 1.165) is 0 Å². The molecule has 0 N–H and O–H groups in total. The molecular weight excluding hydrogens is 126 g/mol. The van der Waals surface area contributed by atoms with Crippen molar-refractivity contribution in [2.45, 2.75) is 6.43 Å². The van der Waals surface area contributed by atoms with E-state index in [-0.39, 0.29) is 17.8 Å². The van der Waals surface area contributed by atoms with Gasteiger partial charge in [0.25, 0.3) is 0 Å². The molecule has 2 fully saturated rings. The van der Waals surface area contributed by atoms with Gasteiger partial charge < -0.3 is 4.74 Å². The number of hydrogen-bond donors (Lipinski definition) is 0. The van der Waals surface area contributed by atoms with Gasteiger partial charge in [-0.1, -0.05) is 0 Å². The third kappa shape index (κ3) is 0.674. The zero-order valence-corrected chi connectivity index (χ0v) is 4.89. The lowest BCUT2D eigenvalue weighted by Gasteiger charge is -2.00. The van der Waals surface area contributed by atoms with Crippen molar-refractivity contribution < 1.29 is 13.5 Å². The van der Waals surface area contributed by atoms with Crippen LogP contribution in [0.15, 0.2) is 0 Å². The van der Waals surface area contributed by atoms with Crippen molar-refractivity contribution in [2.75, 3.05) is 13.2 Å². The van der Waals surface area contributed by atoms with Crippen LogP contribution >= 0.6 is 0 Å². The second kappa shape index (κ2) is 1.66. The molecule has 3 heteroatoms. The summed E-state index contributed by atoms with van der Waals surface area (Å²) in [5, 5.41) is 0. The molecule has 0 aromatic rings. The van der Waals surface area contributed by atoms with Crippen LogP contribution in [-0.2, 0) is 4.74 Å². The minimum Gasteiger partial charge on any atom is -0.381 e. The summed E-state index contributed by atoms with van der Waals surface area (Å²) in [7, 11) is 0. The Balaban J connectivity index is 1.94. The van der Waals surface area contributed by atoms with Crippen LogP contribution < -0.4 is 0 Å². The summed E-state index contributed by atoms with van der Waals surface area (Å²) < 4.78 is 28.7. The zero-order valence-electron chi connectivity index (χ0n) is 4.89. The highest BCUT2D eigenvalue weighted by molar-refractivity contribution is 5.01. The van der Waals surface area contributed by atoms with Crippen LogP contribution in [-0.4, -0.2) is 19.6 Å². The first kappa shape index (κ1) is 5.59. The van der Waals surface area contributed by atoms with Crippen molar-refractivity contribution in [1.82, 2.24) is 0 Å². The lowest BCUT2D eigenvalue weighted by Crippen LogP contribution is -2.05. The van der Waals surface area contributed by atoms with Crippen molar-refractivity contribution in [3.05, 3.63) is 0 Å². The van der Waals surface area contributed by atoms with Crippen LogP contribution in [0.3, 0.4) is 0 Å². The molecule has 0 spiro atoms. The predicted octanol–water partition coefficient (Wildman–Crippen LogP) is 1.14. The molecule has 0 aromatic heterocycles. The zero-order chi connectivity index (χ0) is 6.43. The van der Waals surface area contributed by atoms with Crippen molar-refractivity contribution in [3.8, 4) is 0 Å². The van der Waals surface area contributed by atoms with Crippen molar-refractivity contribution in [2.24, 2.45) is 17.8 Å². The maximum Gasteiger partial charge on any atom is 0.242 e. The van der Waals surface area contributed by atoms with Gasteiger partial charge in [0, 0.05) is 5.92 Å². The maximum atomic E-state index is 11.9. The smallest absolute Gasteiger partial charge is 0.242 e. The monoisotopic (exact) mass is 134 g/mol. The Bertz CT molecular complexity index is 116. The van der Waals surface area contributed by atoms with E-state index in [4.69, 9.17) is 4.74 Å². The summed E-state index contributed by atoms with van der Waals surface area (Å²) in [6.07, 6.45) is -2.11. The van der Waals surface area contributed by atoms with E-state index < -0.39 is 6.43 Å². The van der Waals surface area contributed by atoms with Gasteiger partial charge in [-0.25, -0.2) is 8.78 Å². The highest BCUT2D eigenvalue weighted by atomic mass is 19.3. The molecule has 2 rings (SSSR count). The van der Waals surface area contributed by atoms with Gasteiger partial charge in [0.1, 0.15) is 0 Å². The molecular formula is C6H8F2O. The maximum absolute atomic E-state index is 11.9. The minimum absolute atomic E-state index is 0.199. The first-order chi connectivity index (χ1) is 4.30. The van der Waals surface area contributed by atoms with Gasteiger partial charge in [0.15, 0.2) is 0 Å². The lowest BCUT2D eigenvalue weighted by molar-refractivity contribution is 0.0689. The first-order valence-electron chi connectivity index (χ1n) is 3.16. The fraction of sp³-hybridized carbons (Fsp3) is 1.00. The van der Waals surface area contributed by atoms with E-state index in [1.54, 1.807) is 0 Å². The number of hydrogen-bond acceptors (Lipinski definition) is 1. The summed E-state index contributed by atoms with van der Waals surface area (Å²) in [5.74, 6) is 0.0775. The SMILES string of the molecule is FC(F)C1C2COCC21. The minimum atomic E-state index is -2.11. The molecule has 0 aromatic carbocycles. The molecule has 9 heavy (non-hydrogen) atoms. The Morgan fingerprint density at radius 2 is 1.78 bits per heavy atom. The highest BCUT2D eigenvalue weighted by Crippen LogP contribution is 2.53. The van der Waals surface area contributed by atoms with Crippen LogP contribution in [0.25, 0.3) is 0 Å². The van der Waals surface area contributed by atoms with E-state index in [1.165, 1.54) is 0 Å². The molecule has 1 aliphatic carbocycles. The molecule has 1 nitrogen and oxygen atoms in total. The van der Waals surface area contributed by atoms with Crippen molar-refractivity contribution >= 4 is 0 Å². The fourth-order valence-electron chi connectivity index (χ4n) is 1.66. The average molecular weight is 134 g/mol. The predicted molar refractivity (Wildman–Crippen MR) is 27.3 cm³/mol. The van der Waals surface area contributed by atoms with E-state index >= 15 is 0 Å². The number of fused-ring (bicyclic) bond motifs is 1. The second-order valence-corrected chi connectivity index (χ2v) is 2.78. The number of rotatable bonds is 1. The number of ether oxygens (including phenoxy) is 1. The Hall–Kier alpha value is -0.180. The summed E-state index contributed by atoms with van der Waals surface area (Å²) in [6.45, 7) is 1.14. The molecule has 1 saturated carbocycles. The Kier molecular flexibility index (Phi) is 1.03. The highest BCUT2D eigenvalue weighted by Gasteiger charge is 2.58. The summed E-state index contributed by atoms with van der Waals surface area (Å²) >= 11 is 0. The average Bonchev–Trinajstić information content (AvgIpc) is 2.30. The molecule has 1 aliphatic heterocycles. The molecule has 2 unspecified atom stereocenters. The number of halogens is 2. The van der Waals surface area contributed by atoms with Gasteiger partial charge in [0.05, 0.1) is 13.2 Å². The molecule has 0 amide bonds. The van der Waals surface area contributed by atoms with Crippen LogP contribution in [0.5, 0.6) is 0 Å². The van der Waals surface area contributed by atoms with E-state index in [0.29, 0.717) is 13.2 Å². The molecule has 2 aliphatic rings. The van der Waals surface area contributed by atoms with Crippen LogP contribution in [0, 0.1) is 17.8 Å². The Morgan fingerprint density at radius 3 is 2.11 bits per heavy atom. The molecule has 1 heterocycles. The first-order valence-corrected chi connectivity index (χ1v) is 3.16. The lowest BCUT2D eigenvalue weighted by atomic mass is 10.3. The fourth-order valence-corrected chi connectivity index (χ4v) is 1.66. The second-order valence-electron chi connectivity index (χ2n) is 2.78. The van der Waals surface area contributed by atoms with Gasteiger partial charge >= 0.3 is 0 Å². The quantitative estimate of drug-likeness (QED) is 0.522. The standard InChI is InChI=1S/C6H8F2O/c7-6(8)5-3-1-9-2-4(3)5/h3-6H,1-2H2. The van der Waals surface area contributed by atoms with Gasteiger partial charge in [-0.2, -0.15) is 0 Å². The van der Waals surface area contributed by atoms with Gasteiger partial charge in [0.2, 0.25) is 6.43 Å². The van der Waals surface area contributed by atoms with Gasteiger partial charge in [-0.3, -0.25) is 0 Å². The third-order valence-corrected chi connectivity index (χ3v) is 2.31. The number of alkyl halides is 2. The third-order valence-electron chi connectivity index (χ3n) is 2.31. The Morgan fingerprint density at radius 1 is 1.22 bits per heavy atom. The summed E-state index contributed by atoms with van der Waals surface area (Å²) in [4.78, 5) is 0. The largest absolute Gasteiger partial charge is 0.381 e. The van der Waals surface area contributed by atoms with E-state index in [9.17, 15) is 8.78 Å². The van der Waals surface area contributed by atoms with Crippen molar-refractivity contribution in [1.29, 1.82) is 0 Å². The van der Waals surface area contributed by atoms with Gasteiger partial charge in [-0.15, -0.1) is 0 Å². The molecule has 2 atom stereocenters. The molecule has 0 bridgehead atoms. The van der Waals surface area contributed by atoms with Crippen molar-refractivity contribution in [3.63, 3.8) is 0 Å². The normalized spacial score (nSPS) is 47.7. The van der Waals surface area contributed by atoms with Crippen LogP contribution in [0.4, 0.5) is 8.78 Å². The van der Waals surface area contributed by atoms with Crippen LogP contribution in [0.1, 0.15) is 0 Å². The van der Waals surface area contributed by atoms with E-state index in [2.05, 4.69) is 0 Å². The van der Waals surface area contributed by atoms with Crippen LogP contribution in [0.2, 0.25) is 0 Å².